The van der Waals surface area contributed by atoms with Crippen molar-refractivity contribution in [1.82, 2.24) is 10.2 Å². The van der Waals surface area contributed by atoms with Gasteiger partial charge >= 0.3 is 0 Å². The Balaban J connectivity index is 1.38. The Morgan fingerprint density at radius 2 is 1.91 bits per heavy atom. The number of nitrogens with zero attached hydrogens (tertiary/aromatic N) is 3. The summed E-state index contributed by atoms with van der Waals surface area (Å²) in [7, 11) is 0. The van der Waals surface area contributed by atoms with Gasteiger partial charge < -0.3 is 5.32 Å². The molecule has 1 fully saturated rings. The van der Waals surface area contributed by atoms with Gasteiger partial charge in [0.25, 0.3) is 5.91 Å². The minimum absolute atomic E-state index is 0.0318. The van der Waals surface area contributed by atoms with E-state index in [4.69, 9.17) is 4.99 Å². The molecular formula is C25H25FN4O2S. The second kappa shape index (κ2) is 9.47. The van der Waals surface area contributed by atoms with Crippen LogP contribution >= 0.6 is 11.8 Å². The van der Waals surface area contributed by atoms with Gasteiger partial charge in [-0.25, -0.2) is 9.38 Å². The van der Waals surface area contributed by atoms with Gasteiger partial charge in [-0.15, -0.1) is 0 Å². The summed E-state index contributed by atoms with van der Waals surface area (Å²) in [5.41, 5.74) is 2.32. The molecule has 2 aromatic carbocycles. The summed E-state index contributed by atoms with van der Waals surface area (Å²) in [6.07, 6.45) is 5.46. The van der Waals surface area contributed by atoms with Crippen LogP contribution in [0.3, 0.4) is 0 Å². The molecule has 1 unspecified atom stereocenters. The molecule has 5 rings (SSSR count). The number of rotatable bonds is 5. The van der Waals surface area contributed by atoms with Gasteiger partial charge in [0, 0.05) is 17.4 Å². The zero-order valence-electron chi connectivity index (χ0n) is 18.2. The number of halogens is 1. The number of thioether (sulfide) groups is 1. The van der Waals surface area contributed by atoms with Crippen LogP contribution in [0, 0.1) is 5.82 Å². The van der Waals surface area contributed by atoms with Crippen molar-refractivity contribution >= 4 is 40.3 Å². The van der Waals surface area contributed by atoms with Crippen molar-refractivity contribution in [2.45, 2.75) is 56.4 Å². The zero-order valence-corrected chi connectivity index (χ0v) is 19.0. The lowest BCUT2D eigenvalue weighted by molar-refractivity contribution is -0.127. The fourth-order valence-electron chi connectivity index (χ4n) is 4.59. The molecule has 1 N–H and O–H groups in total. The molecule has 0 saturated heterocycles. The number of carbonyl (C=O) groups excluding carboxylic acids is 2. The molecule has 2 amide bonds. The molecule has 1 aliphatic carbocycles. The van der Waals surface area contributed by atoms with Crippen LogP contribution in [0.2, 0.25) is 0 Å². The standard InChI is InChI=1S/C25H25FN4O2S/c26-17-8-6-7-16(13-17)15-33-25-28-20-12-5-4-11-19(20)23-29-24(32)21(30(23)25)14-22(31)27-18-9-2-1-3-10-18/h4-8,11-13,18,21H,1-3,9-10,14-15H2,(H,27,31). The van der Waals surface area contributed by atoms with Crippen LogP contribution in [-0.4, -0.2) is 39.8 Å². The average Bonchev–Trinajstić information content (AvgIpc) is 3.14. The number of amides is 2. The fourth-order valence-corrected chi connectivity index (χ4v) is 5.58. The summed E-state index contributed by atoms with van der Waals surface area (Å²) >= 11 is 1.41. The monoisotopic (exact) mass is 464 g/mol. The third-order valence-electron chi connectivity index (χ3n) is 6.21. The molecule has 2 aliphatic heterocycles. The molecule has 6 nitrogen and oxygen atoms in total. The van der Waals surface area contributed by atoms with E-state index in [0.29, 0.717) is 16.8 Å². The smallest absolute Gasteiger partial charge is 0.271 e. The van der Waals surface area contributed by atoms with E-state index in [9.17, 15) is 14.0 Å². The maximum atomic E-state index is 13.6. The van der Waals surface area contributed by atoms with Crippen molar-refractivity contribution in [2.75, 3.05) is 0 Å². The topological polar surface area (TPSA) is 74.1 Å². The van der Waals surface area contributed by atoms with Crippen molar-refractivity contribution in [3.63, 3.8) is 0 Å². The number of aliphatic imine (C=N–C) groups is 2. The number of para-hydroxylation sites is 1. The molecule has 1 saturated carbocycles. The SMILES string of the molecule is O=C(CC1C(=O)N=C2c3ccccc3N=C(SCc3cccc(F)c3)N21)NC1CCCCC1. The van der Waals surface area contributed by atoms with Crippen LogP contribution in [0.5, 0.6) is 0 Å². The molecule has 33 heavy (non-hydrogen) atoms. The molecule has 3 aliphatic rings. The summed E-state index contributed by atoms with van der Waals surface area (Å²) < 4.78 is 13.6. The third kappa shape index (κ3) is 4.71. The highest BCUT2D eigenvalue weighted by atomic mass is 32.2. The van der Waals surface area contributed by atoms with Gasteiger partial charge in [-0.3, -0.25) is 14.5 Å². The largest absolute Gasteiger partial charge is 0.353 e. The van der Waals surface area contributed by atoms with E-state index in [2.05, 4.69) is 10.3 Å². The summed E-state index contributed by atoms with van der Waals surface area (Å²) in [4.78, 5) is 36.6. The first kappa shape index (κ1) is 21.8. The van der Waals surface area contributed by atoms with Gasteiger partial charge in [-0.2, -0.15) is 4.99 Å². The van der Waals surface area contributed by atoms with Crippen molar-refractivity contribution in [3.05, 3.63) is 65.5 Å². The number of hydrogen-bond acceptors (Lipinski definition) is 5. The first-order chi connectivity index (χ1) is 16.1. The molecule has 0 radical (unpaired) electrons. The number of fused-ring (bicyclic) bond motifs is 3. The summed E-state index contributed by atoms with van der Waals surface area (Å²) in [5, 5.41) is 3.70. The van der Waals surface area contributed by atoms with Gasteiger partial charge in [-0.1, -0.05) is 55.3 Å². The molecule has 1 atom stereocenters. The Kier molecular flexibility index (Phi) is 6.26. The quantitative estimate of drug-likeness (QED) is 0.704. The van der Waals surface area contributed by atoms with Crippen LogP contribution in [0.25, 0.3) is 0 Å². The number of hydrogen-bond donors (Lipinski definition) is 1. The fraction of sp³-hybridized carbons (Fsp3) is 0.360. The highest BCUT2D eigenvalue weighted by molar-refractivity contribution is 8.13. The number of nitrogens with one attached hydrogen (secondary N) is 1. The minimum atomic E-state index is -0.726. The summed E-state index contributed by atoms with van der Waals surface area (Å²) in [6.45, 7) is 0. The van der Waals surface area contributed by atoms with Gasteiger partial charge in [0.2, 0.25) is 5.91 Å². The van der Waals surface area contributed by atoms with Crippen LogP contribution in [0.15, 0.2) is 58.5 Å². The molecule has 8 heteroatoms. The molecular weight excluding hydrogens is 439 g/mol. The lowest BCUT2D eigenvalue weighted by Gasteiger charge is -2.31. The molecule has 2 heterocycles. The van der Waals surface area contributed by atoms with E-state index >= 15 is 0 Å². The molecule has 0 bridgehead atoms. The number of benzene rings is 2. The Morgan fingerprint density at radius 3 is 2.73 bits per heavy atom. The van der Waals surface area contributed by atoms with Gasteiger partial charge in [0.05, 0.1) is 12.1 Å². The average molecular weight is 465 g/mol. The van der Waals surface area contributed by atoms with Crippen molar-refractivity contribution in [2.24, 2.45) is 9.98 Å². The first-order valence-corrected chi connectivity index (χ1v) is 12.3. The normalized spacial score (nSPS) is 20.1. The van der Waals surface area contributed by atoms with E-state index in [1.165, 1.54) is 30.3 Å². The molecule has 2 aromatic rings. The van der Waals surface area contributed by atoms with Crippen molar-refractivity contribution in [1.29, 1.82) is 0 Å². The highest BCUT2D eigenvalue weighted by Crippen LogP contribution is 2.35. The minimum Gasteiger partial charge on any atom is -0.353 e. The summed E-state index contributed by atoms with van der Waals surface area (Å²) in [6, 6.07) is 13.4. The molecule has 170 valence electrons. The van der Waals surface area contributed by atoms with Gasteiger partial charge in [0.15, 0.2) is 5.17 Å². The molecule has 0 aromatic heterocycles. The van der Waals surface area contributed by atoms with E-state index in [0.717, 1.165) is 42.5 Å². The maximum absolute atomic E-state index is 13.6. The van der Waals surface area contributed by atoms with Crippen LogP contribution in [-0.2, 0) is 15.3 Å². The van der Waals surface area contributed by atoms with E-state index in [1.807, 2.05) is 30.3 Å². The Morgan fingerprint density at radius 1 is 1.09 bits per heavy atom. The van der Waals surface area contributed by atoms with Crippen LogP contribution in [0.1, 0.15) is 49.7 Å². The lowest BCUT2D eigenvalue weighted by Crippen LogP contribution is -2.47. The number of carbonyl (C=O) groups is 2. The van der Waals surface area contributed by atoms with E-state index < -0.39 is 6.04 Å². The highest BCUT2D eigenvalue weighted by Gasteiger charge is 2.42. The lowest BCUT2D eigenvalue weighted by atomic mass is 9.95. The molecule has 0 spiro atoms. The van der Waals surface area contributed by atoms with E-state index in [1.54, 1.807) is 11.0 Å². The predicted molar refractivity (Wildman–Crippen MR) is 128 cm³/mol. The maximum Gasteiger partial charge on any atom is 0.271 e. The first-order valence-electron chi connectivity index (χ1n) is 11.3. The van der Waals surface area contributed by atoms with Gasteiger partial charge in [-0.05, 0) is 42.7 Å². The third-order valence-corrected chi connectivity index (χ3v) is 7.24. The Hall–Kier alpha value is -3.00. The summed E-state index contributed by atoms with van der Waals surface area (Å²) in [5.74, 6) is 0.254. The zero-order chi connectivity index (χ0) is 22.8. The predicted octanol–water partition coefficient (Wildman–Crippen LogP) is 4.56. The van der Waals surface area contributed by atoms with Crippen molar-refractivity contribution in [3.8, 4) is 0 Å². The van der Waals surface area contributed by atoms with Crippen molar-refractivity contribution < 1.29 is 14.0 Å². The number of amidine groups is 2. The Bertz CT molecular complexity index is 1140. The van der Waals surface area contributed by atoms with E-state index in [-0.39, 0.29) is 30.1 Å². The second-order valence-corrected chi connectivity index (χ2v) is 9.54. The van der Waals surface area contributed by atoms with Gasteiger partial charge in [0.1, 0.15) is 17.7 Å². The second-order valence-electron chi connectivity index (χ2n) is 8.60. The Labute approximate surface area is 196 Å². The van der Waals surface area contributed by atoms with Crippen LogP contribution < -0.4 is 5.32 Å². The van der Waals surface area contributed by atoms with Crippen LogP contribution in [0.4, 0.5) is 10.1 Å².